The average molecular weight is 789 g/mol. The summed E-state index contributed by atoms with van der Waals surface area (Å²) in [5, 5.41) is 18.2. The lowest BCUT2D eigenvalue weighted by molar-refractivity contribution is -0.129. The van der Waals surface area contributed by atoms with Crippen molar-refractivity contribution in [2.75, 3.05) is 49.7 Å². The number of hydroxylamine groups is 1. The predicted octanol–water partition coefficient (Wildman–Crippen LogP) is 6.99. The van der Waals surface area contributed by atoms with Gasteiger partial charge in [0.2, 0.25) is 5.95 Å². The number of hydrogen-bond donors (Lipinski definition) is 1. The lowest BCUT2D eigenvalue weighted by Gasteiger charge is -2.34. The van der Waals surface area contributed by atoms with Gasteiger partial charge >= 0.3 is 12.5 Å². The number of carbonyl (C=O) groups is 2. The molecule has 306 valence electrons. The van der Waals surface area contributed by atoms with Crippen LogP contribution in [0.4, 0.5) is 16.6 Å². The molecular formula is C44H56N10O4. The van der Waals surface area contributed by atoms with Crippen LogP contribution in [0, 0.1) is 0 Å². The number of carbonyl (C=O) groups excluding carboxylic acids is 2. The molecule has 14 nitrogen and oxygen atoms in total. The molecule has 3 aliphatic rings. The van der Waals surface area contributed by atoms with Gasteiger partial charge in [0.05, 0.1) is 23.6 Å². The van der Waals surface area contributed by atoms with Gasteiger partial charge in [0, 0.05) is 43.7 Å². The molecule has 14 heteroatoms. The van der Waals surface area contributed by atoms with Gasteiger partial charge in [-0.2, -0.15) is 5.10 Å². The average Bonchev–Trinajstić information content (AvgIpc) is 3.80. The summed E-state index contributed by atoms with van der Waals surface area (Å²) in [6.07, 6.45) is 7.62. The Morgan fingerprint density at radius 3 is 2.57 bits per heavy atom. The highest BCUT2D eigenvalue weighted by Gasteiger charge is 2.34. The molecule has 0 spiro atoms. The molecule has 0 saturated carbocycles. The summed E-state index contributed by atoms with van der Waals surface area (Å²) in [7, 11) is 2.17. The number of urea groups is 1. The molecule has 1 aliphatic carbocycles. The van der Waals surface area contributed by atoms with Gasteiger partial charge in [-0.15, -0.1) is 15.3 Å². The van der Waals surface area contributed by atoms with Crippen LogP contribution in [0.3, 0.4) is 0 Å². The monoisotopic (exact) mass is 788 g/mol. The minimum atomic E-state index is -0.574. The quantitative estimate of drug-likeness (QED) is 0.117. The van der Waals surface area contributed by atoms with Crippen molar-refractivity contribution in [3.63, 3.8) is 0 Å². The third kappa shape index (κ3) is 8.39. The number of aromatic nitrogens is 5. The molecular weight excluding hydrogens is 733 g/mol. The van der Waals surface area contributed by atoms with Gasteiger partial charge in [0.15, 0.2) is 11.5 Å². The molecule has 5 aromatic rings. The highest BCUT2D eigenvalue weighted by atomic mass is 16.7. The van der Waals surface area contributed by atoms with Crippen molar-refractivity contribution in [2.45, 2.75) is 96.4 Å². The van der Waals surface area contributed by atoms with Crippen molar-refractivity contribution in [3.05, 3.63) is 95.3 Å². The Labute approximate surface area is 340 Å². The molecule has 2 saturated heterocycles. The van der Waals surface area contributed by atoms with Gasteiger partial charge in [-0.3, -0.25) is 14.1 Å². The number of fused-ring (bicyclic) bond motifs is 2. The van der Waals surface area contributed by atoms with Crippen LogP contribution in [-0.4, -0.2) is 92.5 Å². The minimum absolute atomic E-state index is 0.240. The maximum Gasteiger partial charge on any atom is 0.357 e. The molecule has 1 N–H and O–H groups in total. The highest BCUT2D eigenvalue weighted by Crippen LogP contribution is 2.40. The van der Waals surface area contributed by atoms with Crippen LogP contribution in [0.1, 0.15) is 101 Å². The van der Waals surface area contributed by atoms with Crippen LogP contribution in [0.15, 0.2) is 72.9 Å². The fourth-order valence-electron chi connectivity index (χ4n) is 8.54. The maximum absolute atomic E-state index is 14.3. The summed E-state index contributed by atoms with van der Waals surface area (Å²) in [6, 6.07) is 21.4. The first kappa shape index (κ1) is 39.4. The first-order chi connectivity index (χ1) is 28.1. The standard InChI is InChI=1S/C44H56N10O4/c1-31-12-8-9-23-51(31)42-47-46-40-20-17-34(29-52(40)42)58-38-19-18-37(35-15-6-7-16-36(35)38)45-43(56)54(57-30-55)41-27-39(44(2,3)4)48-53(41)33-14-10-13-32(26-33)28-50-22-11-21-49(5)24-25-50/h6-7,10,13-17,20,26-27,29-31,37-38H,8-9,11-12,18-19,21-25,28H2,1-5H3,(H,45,56)/t31-,37-,38+/m0/s1. The molecule has 58 heavy (non-hydrogen) atoms. The normalized spacial score (nSPS) is 20.6. The summed E-state index contributed by atoms with van der Waals surface area (Å²) in [5.41, 5.74) is 5.03. The van der Waals surface area contributed by atoms with Crippen molar-refractivity contribution >= 4 is 29.9 Å². The molecule has 5 heterocycles. The topological polar surface area (TPSA) is 126 Å². The van der Waals surface area contributed by atoms with Gasteiger partial charge in [-0.25, -0.2) is 9.48 Å². The van der Waals surface area contributed by atoms with Crippen molar-refractivity contribution < 1.29 is 19.2 Å². The van der Waals surface area contributed by atoms with Crippen LogP contribution in [0.5, 0.6) is 5.75 Å². The lowest BCUT2D eigenvalue weighted by Crippen LogP contribution is -2.43. The molecule has 2 aliphatic heterocycles. The fourth-order valence-corrected chi connectivity index (χ4v) is 8.54. The Balaban J connectivity index is 1.03. The molecule has 2 fully saturated rings. The Morgan fingerprint density at radius 2 is 1.76 bits per heavy atom. The zero-order chi connectivity index (χ0) is 40.4. The molecule has 0 radical (unpaired) electrons. The number of benzene rings is 2. The SMILES string of the molecule is C[C@H]1CCCCN1c1nnc2ccc(O[C@@H]3CC[C@H](NC(=O)N(OC=O)c4cc(C(C)(C)C)nn4-c4cccc(CN5CCCN(C)CC5)c4)c4ccccc43)cn12. The van der Waals surface area contributed by atoms with Gasteiger partial charge < -0.3 is 24.7 Å². The number of hydrogen-bond acceptors (Lipinski definition) is 10. The number of nitrogens with zero attached hydrogens (tertiary/aromatic N) is 9. The van der Waals surface area contributed by atoms with E-state index < -0.39 is 6.03 Å². The number of ether oxygens (including phenoxy) is 1. The van der Waals surface area contributed by atoms with Crippen molar-refractivity contribution in [2.24, 2.45) is 0 Å². The number of nitrogens with one attached hydrogen (secondary N) is 1. The zero-order valence-corrected chi connectivity index (χ0v) is 34.4. The lowest BCUT2D eigenvalue weighted by atomic mass is 9.85. The highest BCUT2D eigenvalue weighted by molar-refractivity contribution is 5.90. The largest absolute Gasteiger partial charge is 0.484 e. The van der Waals surface area contributed by atoms with Crippen molar-refractivity contribution in [3.8, 4) is 11.4 Å². The van der Waals surface area contributed by atoms with Crippen LogP contribution in [0.2, 0.25) is 0 Å². The molecule has 2 aromatic carbocycles. The summed E-state index contributed by atoms with van der Waals surface area (Å²) < 4.78 is 10.4. The van der Waals surface area contributed by atoms with Gasteiger partial charge in [0.1, 0.15) is 11.9 Å². The van der Waals surface area contributed by atoms with Gasteiger partial charge in [0.25, 0.3) is 0 Å². The number of amides is 2. The van der Waals surface area contributed by atoms with Gasteiger partial charge in [-0.1, -0.05) is 57.2 Å². The molecule has 0 bridgehead atoms. The van der Waals surface area contributed by atoms with E-state index in [1.54, 1.807) is 4.68 Å². The van der Waals surface area contributed by atoms with Crippen LogP contribution in [-0.2, 0) is 21.6 Å². The molecule has 8 rings (SSSR count). The first-order valence-corrected chi connectivity index (χ1v) is 20.7. The van der Waals surface area contributed by atoms with E-state index in [1.165, 1.54) is 6.42 Å². The number of likely N-dealkylation sites (N-methyl/N-ethyl adjacent to an activating group) is 1. The van der Waals surface area contributed by atoms with Gasteiger partial charge in [-0.05, 0) is 107 Å². The van der Waals surface area contributed by atoms with E-state index >= 15 is 0 Å². The fraction of sp³-hybridized carbons (Fsp3) is 0.477. The van der Waals surface area contributed by atoms with E-state index in [-0.39, 0.29) is 24.0 Å². The van der Waals surface area contributed by atoms with Crippen LogP contribution >= 0.6 is 0 Å². The number of piperidine rings is 1. The van der Waals surface area contributed by atoms with Crippen molar-refractivity contribution in [1.82, 2.24) is 39.5 Å². The number of anilines is 2. The van der Waals surface area contributed by atoms with Crippen molar-refractivity contribution in [1.29, 1.82) is 0 Å². The van der Waals surface area contributed by atoms with E-state index in [0.29, 0.717) is 24.7 Å². The van der Waals surface area contributed by atoms with E-state index in [2.05, 4.69) is 83.2 Å². The third-order valence-corrected chi connectivity index (χ3v) is 11.8. The number of rotatable bonds is 10. The summed E-state index contributed by atoms with van der Waals surface area (Å²) >= 11 is 0. The maximum atomic E-state index is 14.3. The second kappa shape index (κ2) is 16.8. The Hall–Kier alpha value is -5.47. The third-order valence-electron chi connectivity index (χ3n) is 11.8. The molecule has 2 amide bonds. The second-order valence-electron chi connectivity index (χ2n) is 17.1. The molecule has 3 atom stereocenters. The van der Waals surface area contributed by atoms with E-state index in [1.807, 2.05) is 59.1 Å². The second-order valence-corrected chi connectivity index (χ2v) is 17.1. The predicted molar refractivity (Wildman–Crippen MR) is 223 cm³/mol. The molecule has 3 aromatic heterocycles. The van der Waals surface area contributed by atoms with Crippen LogP contribution in [0.25, 0.3) is 11.3 Å². The number of pyridine rings is 1. The van der Waals surface area contributed by atoms with Crippen LogP contribution < -0.4 is 20.0 Å². The summed E-state index contributed by atoms with van der Waals surface area (Å²) in [5.74, 6) is 1.89. The smallest absolute Gasteiger partial charge is 0.357 e. The minimum Gasteiger partial charge on any atom is -0.484 e. The summed E-state index contributed by atoms with van der Waals surface area (Å²) in [4.78, 5) is 39.1. The first-order valence-electron chi connectivity index (χ1n) is 20.7. The van der Waals surface area contributed by atoms with E-state index in [0.717, 1.165) is 109 Å². The van der Waals surface area contributed by atoms with E-state index in [9.17, 15) is 9.59 Å². The Morgan fingerprint density at radius 1 is 0.914 bits per heavy atom. The Bertz CT molecular complexity index is 2230. The Kier molecular flexibility index (Phi) is 11.4. The zero-order valence-electron chi connectivity index (χ0n) is 34.4. The van der Waals surface area contributed by atoms with E-state index in [4.69, 9.17) is 14.7 Å². The molecule has 0 unspecified atom stereocenters. The summed E-state index contributed by atoms with van der Waals surface area (Å²) in [6.45, 7) is 14.6.